The summed E-state index contributed by atoms with van der Waals surface area (Å²) >= 11 is 0.806. The summed E-state index contributed by atoms with van der Waals surface area (Å²) in [6.45, 7) is 3.70. The monoisotopic (exact) mass is 345 g/mol. The van der Waals surface area contributed by atoms with Crippen molar-refractivity contribution in [3.05, 3.63) is 40.6 Å². The van der Waals surface area contributed by atoms with Crippen molar-refractivity contribution in [1.82, 2.24) is 0 Å². The van der Waals surface area contributed by atoms with Gasteiger partial charge >= 0.3 is 12.3 Å². The molecular formula is C15H14F3NO3S. The molecule has 124 valence electrons. The Morgan fingerprint density at radius 1 is 1.26 bits per heavy atom. The van der Waals surface area contributed by atoms with E-state index in [2.05, 4.69) is 5.32 Å². The quantitative estimate of drug-likeness (QED) is 0.832. The van der Waals surface area contributed by atoms with Crippen molar-refractivity contribution in [2.24, 2.45) is 0 Å². The van der Waals surface area contributed by atoms with Gasteiger partial charge in [0.2, 0.25) is 0 Å². The predicted octanol–water partition coefficient (Wildman–Crippen LogP) is 5.17. The number of ether oxygens (including phenoxy) is 2. The number of alkyl halides is 3. The number of amides is 1. The van der Waals surface area contributed by atoms with Gasteiger partial charge in [-0.3, -0.25) is 5.32 Å². The summed E-state index contributed by atoms with van der Waals surface area (Å²) in [5.74, 6) is 0.0129. The van der Waals surface area contributed by atoms with Crippen LogP contribution in [-0.2, 0) is 6.18 Å². The third-order valence-electron chi connectivity index (χ3n) is 2.59. The van der Waals surface area contributed by atoms with E-state index in [1.807, 2.05) is 13.8 Å². The molecular weight excluding hydrogens is 331 g/mol. The topological polar surface area (TPSA) is 47.6 Å². The minimum absolute atomic E-state index is 0.0441. The first-order valence-corrected chi connectivity index (χ1v) is 7.59. The lowest BCUT2D eigenvalue weighted by Gasteiger charge is -2.12. The largest absolute Gasteiger partial charge is 0.491 e. The van der Waals surface area contributed by atoms with Crippen LogP contribution in [0.4, 0.5) is 23.7 Å². The Morgan fingerprint density at radius 2 is 2.00 bits per heavy atom. The highest BCUT2D eigenvalue weighted by atomic mass is 32.1. The van der Waals surface area contributed by atoms with E-state index < -0.39 is 23.6 Å². The highest BCUT2D eigenvalue weighted by Crippen LogP contribution is 2.38. The van der Waals surface area contributed by atoms with Crippen LogP contribution >= 0.6 is 11.3 Å². The second-order valence-electron chi connectivity index (χ2n) is 4.86. The molecule has 0 radical (unpaired) electrons. The Morgan fingerprint density at radius 3 is 2.65 bits per heavy atom. The number of thiophene rings is 1. The van der Waals surface area contributed by atoms with Gasteiger partial charge in [0.25, 0.3) is 0 Å². The Hall–Kier alpha value is -2.22. The van der Waals surface area contributed by atoms with E-state index >= 15 is 0 Å². The van der Waals surface area contributed by atoms with E-state index in [4.69, 9.17) is 9.47 Å². The minimum atomic E-state index is -4.57. The molecule has 1 heterocycles. The fraction of sp³-hybridized carbons (Fsp3) is 0.267. The van der Waals surface area contributed by atoms with Crippen molar-refractivity contribution in [2.45, 2.75) is 26.1 Å². The van der Waals surface area contributed by atoms with Crippen LogP contribution in [0.3, 0.4) is 0 Å². The molecule has 0 fully saturated rings. The minimum Gasteiger partial charge on any atom is -0.491 e. The van der Waals surface area contributed by atoms with Gasteiger partial charge in [0, 0.05) is 22.5 Å². The molecule has 0 saturated heterocycles. The molecule has 0 spiro atoms. The summed E-state index contributed by atoms with van der Waals surface area (Å²) in [7, 11) is 0. The summed E-state index contributed by atoms with van der Waals surface area (Å²) in [5.41, 5.74) is -0.619. The van der Waals surface area contributed by atoms with Gasteiger partial charge in [-0.05, 0) is 26.0 Å². The molecule has 1 amide bonds. The number of benzene rings is 1. The third kappa shape index (κ3) is 4.88. The normalized spacial score (nSPS) is 11.4. The van der Waals surface area contributed by atoms with Gasteiger partial charge in [0.15, 0.2) is 5.75 Å². The van der Waals surface area contributed by atoms with Gasteiger partial charge in [-0.15, -0.1) is 11.3 Å². The lowest BCUT2D eigenvalue weighted by molar-refractivity contribution is -0.138. The number of anilines is 1. The summed E-state index contributed by atoms with van der Waals surface area (Å²) < 4.78 is 48.3. The number of hydrogen-bond donors (Lipinski definition) is 1. The van der Waals surface area contributed by atoms with Crippen LogP contribution in [0.25, 0.3) is 0 Å². The molecule has 8 heteroatoms. The average Bonchev–Trinajstić information content (AvgIpc) is 2.86. The van der Waals surface area contributed by atoms with E-state index in [1.54, 1.807) is 24.3 Å². The zero-order valence-electron chi connectivity index (χ0n) is 12.3. The van der Waals surface area contributed by atoms with Crippen molar-refractivity contribution in [2.75, 3.05) is 5.32 Å². The Bertz CT molecular complexity index is 683. The predicted molar refractivity (Wildman–Crippen MR) is 81.2 cm³/mol. The van der Waals surface area contributed by atoms with Crippen LogP contribution in [0.1, 0.15) is 19.4 Å². The maximum absolute atomic E-state index is 12.7. The number of halogens is 3. The average molecular weight is 345 g/mol. The molecule has 0 saturated carbocycles. The Kier molecular flexibility index (Phi) is 5.15. The summed E-state index contributed by atoms with van der Waals surface area (Å²) in [4.78, 5) is 11.8. The molecule has 23 heavy (non-hydrogen) atoms. The van der Waals surface area contributed by atoms with Gasteiger partial charge in [-0.25, -0.2) is 4.79 Å². The molecule has 0 unspecified atom stereocenters. The SMILES string of the molecule is CC(C)Oc1cccc(NC(=O)Oc2cscc2C(F)(F)F)c1. The fourth-order valence-electron chi connectivity index (χ4n) is 1.73. The van der Waals surface area contributed by atoms with Crippen molar-refractivity contribution < 1.29 is 27.4 Å². The van der Waals surface area contributed by atoms with Gasteiger partial charge < -0.3 is 9.47 Å². The molecule has 0 atom stereocenters. The summed E-state index contributed by atoms with van der Waals surface area (Å²) in [6.07, 6.45) is -5.62. The number of rotatable bonds is 4. The maximum Gasteiger partial charge on any atom is 0.420 e. The van der Waals surface area contributed by atoms with E-state index in [0.29, 0.717) is 11.4 Å². The highest BCUT2D eigenvalue weighted by Gasteiger charge is 2.35. The highest BCUT2D eigenvalue weighted by molar-refractivity contribution is 7.08. The van der Waals surface area contributed by atoms with Crippen molar-refractivity contribution >= 4 is 23.1 Å². The summed E-state index contributed by atoms with van der Waals surface area (Å²) in [5, 5.41) is 4.38. The second kappa shape index (κ2) is 6.91. The second-order valence-corrected chi connectivity index (χ2v) is 5.60. The van der Waals surface area contributed by atoms with Crippen molar-refractivity contribution in [1.29, 1.82) is 0 Å². The van der Waals surface area contributed by atoms with Crippen LogP contribution < -0.4 is 14.8 Å². The molecule has 1 aromatic carbocycles. The number of carbonyl (C=O) groups is 1. The molecule has 2 rings (SSSR count). The van der Waals surface area contributed by atoms with Crippen LogP contribution in [-0.4, -0.2) is 12.2 Å². The molecule has 1 aromatic heterocycles. The van der Waals surface area contributed by atoms with E-state index in [0.717, 1.165) is 22.1 Å². The molecule has 0 aliphatic rings. The van der Waals surface area contributed by atoms with Crippen molar-refractivity contribution in [3.63, 3.8) is 0 Å². The van der Waals surface area contributed by atoms with Crippen LogP contribution in [0.2, 0.25) is 0 Å². The fourth-order valence-corrected chi connectivity index (χ4v) is 2.49. The van der Waals surface area contributed by atoms with Gasteiger partial charge in [-0.1, -0.05) is 6.07 Å². The molecule has 0 aliphatic carbocycles. The first-order chi connectivity index (χ1) is 10.8. The van der Waals surface area contributed by atoms with E-state index in [-0.39, 0.29) is 6.10 Å². The van der Waals surface area contributed by atoms with Crippen molar-refractivity contribution in [3.8, 4) is 11.5 Å². The maximum atomic E-state index is 12.7. The lowest BCUT2D eigenvalue weighted by atomic mass is 10.3. The van der Waals surface area contributed by atoms with Crippen LogP contribution in [0.5, 0.6) is 11.5 Å². The van der Waals surface area contributed by atoms with E-state index in [1.165, 1.54) is 0 Å². The van der Waals surface area contributed by atoms with E-state index in [9.17, 15) is 18.0 Å². The Balaban J connectivity index is 2.05. The third-order valence-corrected chi connectivity index (χ3v) is 3.31. The Labute approximate surface area is 134 Å². The van der Waals surface area contributed by atoms with Crippen LogP contribution in [0, 0.1) is 0 Å². The van der Waals surface area contributed by atoms with Gasteiger partial charge in [0.1, 0.15) is 11.3 Å². The molecule has 2 aromatic rings. The molecule has 1 N–H and O–H groups in total. The molecule has 0 aliphatic heterocycles. The van der Waals surface area contributed by atoms with Gasteiger partial charge in [0.05, 0.1) is 6.10 Å². The standard InChI is InChI=1S/C15H14F3NO3S/c1-9(2)21-11-5-3-4-10(6-11)19-14(20)22-13-8-23-7-12(13)15(16,17)18/h3-9H,1-2H3,(H,19,20). The first-order valence-electron chi connectivity index (χ1n) is 6.64. The summed E-state index contributed by atoms with van der Waals surface area (Å²) in [6, 6.07) is 6.49. The number of nitrogens with one attached hydrogen (secondary N) is 1. The zero-order chi connectivity index (χ0) is 17.0. The van der Waals surface area contributed by atoms with Gasteiger partial charge in [-0.2, -0.15) is 13.2 Å². The number of carbonyl (C=O) groups excluding carboxylic acids is 1. The van der Waals surface area contributed by atoms with Crippen LogP contribution in [0.15, 0.2) is 35.0 Å². The smallest absolute Gasteiger partial charge is 0.420 e. The lowest BCUT2D eigenvalue weighted by Crippen LogP contribution is -2.18. The first kappa shape index (κ1) is 17.1. The molecule has 0 bridgehead atoms. The zero-order valence-corrected chi connectivity index (χ0v) is 13.1. The molecule has 4 nitrogen and oxygen atoms in total. The number of hydrogen-bond acceptors (Lipinski definition) is 4.